The fraction of sp³-hybridized carbons (Fsp3) is 0.400. The van der Waals surface area contributed by atoms with Crippen molar-refractivity contribution in [2.75, 3.05) is 20.3 Å². The first-order valence-electron chi connectivity index (χ1n) is 6.05. The lowest BCUT2D eigenvalue weighted by Gasteiger charge is -2.07. The third-order valence-corrected chi connectivity index (χ3v) is 3.06. The summed E-state index contributed by atoms with van der Waals surface area (Å²) in [4.78, 5) is 11.8. The number of aryl methyl sites for hydroxylation is 3. The smallest absolute Gasteiger partial charge is 0.232 e. The topological polar surface area (TPSA) is 35.5 Å². The number of ether oxygens (including phenoxy) is 2. The van der Waals surface area contributed by atoms with Crippen molar-refractivity contribution in [2.45, 2.75) is 20.8 Å². The second-order valence-corrected chi connectivity index (χ2v) is 4.65. The van der Waals surface area contributed by atoms with Gasteiger partial charge in [-0.1, -0.05) is 17.7 Å². The fourth-order valence-electron chi connectivity index (χ4n) is 2.32. The van der Waals surface area contributed by atoms with E-state index in [-0.39, 0.29) is 5.43 Å². The Morgan fingerprint density at radius 2 is 1.61 bits per heavy atom. The molecule has 2 aromatic rings. The fourth-order valence-corrected chi connectivity index (χ4v) is 2.32. The predicted molar refractivity (Wildman–Crippen MR) is 72.1 cm³/mol. The molecular formula is C15H18O3. The summed E-state index contributed by atoms with van der Waals surface area (Å²) in [5, 5.41) is 0. The molecule has 0 aromatic heterocycles. The number of hydrogen-bond acceptors (Lipinski definition) is 3. The van der Waals surface area contributed by atoms with Crippen molar-refractivity contribution >= 4 is 0 Å². The molecule has 0 aliphatic heterocycles. The van der Waals surface area contributed by atoms with Gasteiger partial charge in [-0.05, 0) is 37.5 Å². The minimum atomic E-state index is 0.0288. The van der Waals surface area contributed by atoms with Crippen LogP contribution in [0.25, 0.3) is 11.1 Å². The van der Waals surface area contributed by atoms with Crippen LogP contribution in [0.1, 0.15) is 16.7 Å². The van der Waals surface area contributed by atoms with E-state index in [4.69, 9.17) is 9.47 Å². The average molecular weight is 246 g/mol. The number of methoxy groups -OCH3 is 1. The summed E-state index contributed by atoms with van der Waals surface area (Å²) >= 11 is 0. The SMILES string of the molecule is COCCOc1c(-c2c(C)cc(C)cc2C)c1=O. The normalized spacial score (nSPS) is 11.1. The van der Waals surface area contributed by atoms with Crippen LogP contribution in [0.4, 0.5) is 0 Å². The monoisotopic (exact) mass is 246 g/mol. The molecular weight excluding hydrogens is 228 g/mol. The lowest BCUT2D eigenvalue weighted by molar-refractivity contribution is 0.148. The summed E-state index contributed by atoms with van der Waals surface area (Å²) in [6.07, 6.45) is 0. The van der Waals surface area contributed by atoms with Crippen molar-refractivity contribution in [1.29, 1.82) is 0 Å². The molecule has 0 fully saturated rings. The molecule has 0 unspecified atom stereocenters. The second-order valence-electron chi connectivity index (χ2n) is 4.65. The van der Waals surface area contributed by atoms with E-state index >= 15 is 0 Å². The van der Waals surface area contributed by atoms with Gasteiger partial charge in [0.2, 0.25) is 5.43 Å². The van der Waals surface area contributed by atoms with Crippen LogP contribution in [0.3, 0.4) is 0 Å². The van der Waals surface area contributed by atoms with E-state index in [1.54, 1.807) is 7.11 Å². The van der Waals surface area contributed by atoms with Crippen molar-refractivity contribution in [1.82, 2.24) is 0 Å². The van der Waals surface area contributed by atoms with Crippen LogP contribution in [0, 0.1) is 20.8 Å². The highest BCUT2D eigenvalue weighted by Crippen LogP contribution is 2.37. The van der Waals surface area contributed by atoms with Crippen LogP contribution in [0.5, 0.6) is 5.75 Å². The van der Waals surface area contributed by atoms with Crippen LogP contribution >= 0.6 is 0 Å². The highest BCUT2D eigenvalue weighted by atomic mass is 16.5. The highest BCUT2D eigenvalue weighted by molar-refractivity contribution is 5.84. The lowest BCUT2D eigenvalue weighted by atomic mass is 9.98. The standard InChI is InChI=1S/C15H18O3/c1-9-7-10(2)12(11(3)8-9)13-14(16)15(13)18-6-5-17-4/h7-8H,5-6H2,1-4H3. The van der Waals surface area contributed by atoms with Crippen LogP contribution in [-0.4, -0.2) is 20.3 Å². The van der Waals surface area contributed by atoms with Gasteiger partial charge in [0.25, 0.3) is 0 Å². The molecule has 18 heavy (non-hydrogen) atoms. The van der Waals surface area contributed by atoms with Crippen molar-refractivity contribution in [3.8, 4) is 16.9 Å². The molecule has 2 rings (SSSR count). The minimum absolute atomic E-state index is 0.0288. The Morgan fingerprint density at radius 3 is 2.17 bits per heavy atom. The summed E-state index contributed by atoms with van der Waals surface area (Å²) in [6, 6.07) is 4.18. The quantitative estimate of drug-likeness (QED) is 0.760. The zero-order valence-electron chi connectivity index (χ0n) is 11.3. The van der Waals surface area contributed by atoms with Crippen LogP contribution < -0.4 is 10.2 Å². The van der Waals surface area contributed by atoms with Gasteiger partial charge in [-0.15, -0.1) is 0 Å². The van der Waals surface area contributed by atoms with Gasteiger partial charge in [-0.2, -0.15) is 0 Å². The maximum absolute atomic E-state index is 11.8. The maximum Gasteiger partial charge on any atom is 0.232 e. The van der Waals surface area contributed by atoms with E-state index in [1.165, 1.54) is 5.56 Å². The van der Waals surface area contributed by atoms with Crippen molar-refractivity contribution in [2.24, 2.45) is 0 Å². The van der Waals surface area contributed by atoms with Crippen molar-refractivity contribution < 1.29 is 9.47 Å². The summed E-state index contributed by atoms with van der Waals surface area (Å²) < 4.78 is 10.3. The molecule has 0 heterocycles. The third kappa shape index (κ3) is 2.31. The first-order valence-corrected chi connectivity index (χ1v) is 6.05. The summed E-state index contributed by atoms with van der Waals surface area (Å²) in [5.41, 5.74) is 5.26. The molecule has 0 aliphatic carbocycles. The van der Waals surface area contributed by atoms with Gasteiger partial charge < -0.3 is 9.47 Å². The largest absolute Gasteiger partial charge is 0.486 e. The highest BCUT2D eigenvalue weighted by Gasteiger charge is 2.28. The molecule has 0 aliphatic rings. The van der Waals surface area contributed by atoms with Crippen molar-refractivity contribution in [3.05, 3.63) is 39.0 Å². The Balaban J connectivity index is 2.25. The molecule has 3 heteroatoms. The first kappa shape index (κ1) is 12.8. The maximum atomic E-state index is 11.8. The van der Waals surface area contributed by atoms with E-state index in [9.17, 15) is 4.79 Å². The van der Waals surface area contributed by atoms with Crippen molar-refractivity contribution in [3.63, 3.8) is 0 Å². The van der Waals surface area contributed by atoms with Gasteiger partial charge >= 0.3 is 0 Å². The van der Waals surface area contributed by atoms with Gasteiger partial charge in [0.15, 0.2) is 5.75 Å². The van der Waals surface area contributed by atoms with E-state index < -0.39 is 0 Å². The molecule has 0 saturated carbocycles. The molecule has 0 saturated heterocycles. The molecule has 0 N–H and O–H groups in total. The van der Waals surface area contributed by atoms with Gasteiger partial charge in [0.05, 0.1) is 12.2 Å². The van der Waals surface area contributed by atoms with Crippen LogP contribution in [-0.2, 0) is 4.74 Å². The summed E-state index contributed by atoms with van der Waals surface area (Å²) in [7, 11) is 1.61. The zero-order valence-corrected chi connectivity index (χ0v) is 11.3. The second kappa shape index (κ2) is 4.94. The zero-order chi connectivity index (χ0) is 13.3. The van der Waals surface area contributed by atoms with Gasteiger partial charge in [0.1, 0.15) is 6.61 Å². The Kier molecular flexibility index (Phi) is 3.53. The van der Waals surface area contributed by atoms with Crippen LogP contribution in [0.2, 0.25) is 0 Å². The molecule has 2 aromatic carbocycles. The van der Waals surface area contributed by atoms with Gasteiger partial charge in [-0.25, -0.2) is 0 Å². The Morgan fingerprint density at radius 1 is 1.00 bits per heavy atom. The summed E-state index contributed by atoms with van der Waals surface area (Å²) in [5.74, 6) is 0.502. The lowest BCUT2D eigenvalue weighted by Crippen LogP contribution is -2.03. The van der Waals surface area contributed by atoms with E-state index in [0.717, 1.165) is 22.3 Å². The molecule has 96 valence electrons. The Labute approximate surface area is 107 Å². The third-order valence-electron chi connectivity index (χ3n) is 3.06. The number of rotatable bonds is 5. The van der Waals surface area contributed by atoms with Gasteiger partial charge in [0, 0.05) is 7.11 Å². The number of hydrogen-bond donors (Lipinski definition) is 0. The first-order chi connectivity index (χ1) is 8.56. The minimum Gasteiger partial charge on any atom is -0.486 e. The van der Waals surface area contributed by atoms with E-state index in [2.05, 4.69) is 19.1 Å². The van der Waals surface area contributed by atoms with E-state index in [0.29, 0.717) is 19.0 Å². The Bertz CT molecular complexity index is 551. The Hall–Kier alpha value is -1.61. The predicted octanol–water partition coefficient (Wildman–Crippen LogP) is 2.54. The molecule has 0 atom stereocenters. The average Bonchev–Trinajstić information content (AvgIpc) is 2.89. The molecule has 0 radical (unpaired) electrons. The molecule has 0 spiro atoms. The van der Waals surface area contributed by atoms with Crippen LogP contribution in [0.15, 0.2) is 16.9 Å². The molecule has 0 amide bonds. The molecule has 3 nitrogen and oxygen atoms in total. The summed E-state index contributed by atoms with van der Waals surface area (Å²) in [6.45, 7) is 7.03. The number of benzene rings is 1. The van der Waals surface area contributed by atoms with E-state index in [1.807, 2.05) is 13.8 Å². The molecule has 0 bridgehead atoms. The van der Waals surface area contributed by atoms with Gasteiger partial charge in [-0.3, -0.25) is 4.79 Å².